The van der Waals surface area contributed by atoms with Gasteiger partial charge in [0.15, 0.2) is 0 Å². The molecule has 120 valence electrons. The molecule has 2 amide bonds. The summed E-state index contributed by atoms with van der Waals surface area (Å²) < 4.78 is 0. The fourth-order valence-corrected chi connectivity index (χ4v) is 1.72. The van der Waals surface area contributed by atoms with Gasteiger partial charge in [-0.25, -0.2) is 0 Å². The van der Waals surface area contributed by atoms with Crippen LogP contribution in [0.3, 0.4) is 0 Å². The molecule has 0 bridgehead atoms. The standard InChI is InChI=1S/C15H21N3O4/c1-15(2,3)14(20)16-9-13(19)17(4)10-11-7-5-6-8-12(11)18(21)22/h5-8H,9-10H2,1-4H3,(H,16,20). The molecule has 0 fully saturated rings. The van der Waals surface area contributed by atoms with Crippen molar-refractivity contribution in [2.24, 2.45) is 5.41 Å². The lowest BCUT2D eigenvalue weighted by Gasteiger charge is -2.20. The Labute approximate surface area is 129 Å². The fraction of sp³-hybridized carbons (Fsp3) is 0.467. The molecule has 0 heterocycles. The summed E-state index contributed by atoms with van der Waals surface area (Å²) in [7, 11) is 1.54. The van der Waals surface area contributed by atoms with Crippen molar-refractivity contribution in [1.29, 1.82) is 0 Å². The number of nitro groups is 1. The number of nitrogens with zero attached hydrogens (tertiary/aromatic N) is 2. The number of benzene rings is 1. The zero-order valence-electron chi connectivity index (χ0n) is 13.3. The number of rotatable bonds is 5. The second-order valence-corrected chi connectivity index (χ2v) is 6.07. The Balaban J connectivity index is 2.66. The van der Waals surface area contributed by atoms with E-state index < -0.39 is 10.3 Å². The Hall–Kier alpha value is -2.44. The van der Waals surface area contributed by atoms with E-state index in [1.807, 2.05) is 0 Å². The van der Waals surface area contributed by atoms with E-state index in [0.29, 0.717) is 5.56 Å². The third-order valence-electron chi connectivity index (χ3n) is 3.10. The Kier molecular flexibility index (Phi) is 5.62. The van der Waals surface area contributed by atoms with Crippen LogP contribution in [0.5, 0.6) is 0 Å². The molecule has 1 rings (SSSR count). The van der Waals surface area contributed by atoms with Crippen LogP contribution in [0.15, 0.2) is 24.3 Å². The van der Waals surface area contributed by atoms with E-state index in [-0.39, 0.29) is 30.6 Å². The molecular formula is C15H21N3O4. The van der Waals surface area contributed by atoms with Crippen molar-refractivity contribution in [3.05, 3.63) is 39.9 Å². The molecular weight excluding hydrogens is 286 g/mol. The van der Waals surface area contributed by atoms with Crippen molar-refractivity contribution in [3.63, 3.8) is 0 Å². The van der Waals surface area contributed by atoms with E-state index in [9.17, 15) is 19.7 Å². The number of nitrogens with one attached hydrogen (secondary N) is 1. The summed E-state index contributed by atoms with van der Waals surface area (Å²) in [4.78, 5) is 35.5. The van der Waals surface area contributed by atoms with Crippen LogP contribution in [0, 0.1) is 15.5 Å². The van der Waals surface area contributed by atoms with Crippen LogP contribution in [0.25, 0.3) is 0 Å². The summed E-state index contributed by atoms with van der Waals surface area (Å²) in [5.74, 6) is -0.532. The summed E-state index contributed by atoms with van der Waals surface area (Å²) in [6.07, 6.45) is 0. The van der Waals surface area contributed by atoms with Crippen molar-refractivity contribution in [2.75, 3.05) is 13.6 Å². The van der Waals surface area contributed by atoms with Crippen LogP contribution in [-0.2, 0) is 16.1 Å². The number of para-hydroxylation sites is 1. The minimum absolute atomic E-state index is 0.0270. The van der Waals surface area contributed by atoms with Gasteiger partial charge in [-0.1, -0.05) is 39.0 Å². The van der Waals surface area contributed by atoms with Gasteiger partial charge >= 0.3 is 0 Å². The summed E-state index contributed by atoms with van der Waals surface area (Å²) in [5.41, 5.74) is -0.150. The first kappa shape index (κ1) is 17.6. The van der Waals surface area contributed by atoms with Gasteiger partial charge in [0.05, 0.1) is 18.0 Å². The van der Waals surface area contributed by atoms with Crippen LogP contribution >= 0.6 is 0 Å². The molecule has 0 aliphatic heterocycles. The van der Waals surface area contributed by atoms with Crippen molar-refractivity contribution < 1.29 is 14.5 Å². The normalized spacial score (nSPS) is 10.9. The van der Waals surface area contributed by atoms with Gasteiger partial charge in [0.2, 0.25) is 11.8 Å². The first-order chi connectivity index (χ1) is 10.1. The molecule has 0 spiro atoms. The molecule has 7 nitrogen and oxygen atoms in total. The van der Waals surface area contributed by atoms with Crippen LogP contribution in [-0.4, -0.2) is 35.2 Å². The van der Waals surface area contributed by atoms with Gasteiger partial charge in [-0.05, 0) is 0 Å². The highest BCUT2D eigenvalue weighted by molar-refractivity contribution is 5.87. The Morgan fingerprint density at radius 1 is 1.27 bits per heavy atom. The molecule has 0 atom stereocenters. The minimum Gasteiger partial charge on any atom is -0.347 e. The van der Waals surface area contributed by atoms with Gasteiger partial charge in [-0.15, -0.1) is 0 Å². The van der Waals surface area contributed by atoms with Crippen LogP contribution < -0.4 is 5.32 Å². The first-order valence-electron chi connectivity index (χ1n) is 6.87. The molecule has 0 radical (unpaired) electrons. The highest BCUT2D eigenvalue weighted by Gasteiger charge is 2.22. The Bertz CT molecular complexity index is 578. The van der Waals surface area contributed by atoms with Gasteiger partial charge in [-0.2, -0.15) is 0 Å². The van der Waals surface area contributed by atoms with Crippen molar-refractivity contribution >= 4 is 17.5 Å². The molecule has 0 unspecified atom stereocenters. The van der Waals surface area contributed by atoms with Gasteiger partial charge in [0, 0.05) is 24.1 Å². The monoisotopic (exact) mass is 307 g/mol. The van der Waals surface area contributed by atoms with Crippen molar-refractivity contribution in [2.45, 2.75) is 27.3 Å². The largest absolute Gasteiger partial charge is 0.347 e. The molecule has 1 aromatic carbocycles. The van der Waals surface area contributed by atoms with Crippen LogP contribution in [0.4, 0.5) is 5.69 Å². The minimum atomic E-state index is -0.572. The molecule has 1 aromatic rings. The lowest BCUT2D eigenvalue weighted by Crippen LogP contribution is -2.42. The highest BCUT2D eigenvalue weighted by Crippen LogP contribution is 2.19. The van der Waals surface area contributed by atoms with Crippen LogP contribution in [0.2, 0.25) is 0 Å². The van der Waals surface area contributed by atoms with Crippen molar-refractivity contribution in [1.82, 2.24) is 10.2 Å². The number of hydrogen-bond acceptors (Lipinski definition) is 4. The van der Waals surface area contributed by atoms with E-state index >= 15 is 0 Å². The highest BCUT2D eigenvalue weighted by atomic mass is 16.6. The summed E-state index contributed by atoms with van der Waals surface area (Å²) in [5, 5.41) is 13.5. The number of carbonyl (C=O) groups is 2. The van der Waals surface area contributed by atoms with Crippen LogP contribution in [0.1, 0.15) is 26.3 Å². The number of likely N-dealkylation sites (N-methyl/N-ethyl adjacent to an activating group) is 1. The third kappa shape index (κ3) is 4.83. The SMILES string of the molecule is CN(Cc1ccccc1[N+](=O)[O-])C(=O)CNC(=O)C(C)(C)C. The predicted molar refractivity (Wildman–Crippen MR) is 82.0 cm³/mol. The zero-order valence-corrected chi connectivity index (χ0v) is 13.3. The third-order valence-corrected chi connectivity index (χ3v) is 3.10. The predicted octanol–water partition coefficient (Wildman–Crippen LogP) is 1.72. The molecule has 0 saturated carbocycles. The van der Waals surface area contributed by atoms with E-state index in [4.69, 9.17) is 0 Å². The molecule has 1 N–H and O–H groups in total. The van der Waals surface area contributed by atoms with Crippen molar-refractivity contribution in [3.8, 4) is 0 Å². The van der Waals surface area contributed by atoms with E-state index in [2.05, 4.69) is 5.32 Å². The molecule has 7 heteroatoms. The lowest BCUT2D eigenvalue weighted by atomic mass is 9.96. The second kappa shape index (κ2) is 7.02. The molecule has 0 saturated heterocycles. The van der Waals surface area contributed by atoms with Gasteiger partial charge in [0.1, 0.15) is 0 Å². The quantitative estimate of drug-likeness (QED) is 0.662. The molecule has 0 aliphatic carbocycles. The maximum Gasteiger partial charge on any atom is 0.274 e. The van der Waals surface area contributed by atoms with E-state index in [0.717, 1.165) is 0 Å². The molecule has 0 aromatic heterocycles. The number of carbonyl (C=O) groups excluding carboxylic acids is 2. The summed E-state index contributed by atoms with van der Waals surface area (Å²) in [6, 6.07) is 6.26. The maximum atomic E-state index is 12.0. The average Bonchev–Trinajstić information content (AvgIpc) is 2.43. The van der Waals surface area contributed by atoms with Gasteiger partial charge in [0.25, 0.3) is 5.69 Å². The molecule has 0 aliphatic rings. The summed E-state index contributed by atoms with van der Waals surface area (Å²) >= 11 is 0. The fourth-order valence-electron chi connectivity index (χ4n) is 1.72. The summed E-state index contributed by atoms with van der Waals surface area (Å²) in [6.45, 7) is 5.24. The van der Waals surface area contributed by atoms with Gasteiger partial charge in [-0.3, -0.25) is 19.7 Å². The number of amides is 2. The smallest absolute Gasteiger partial charge is 0.274 e. The maximum absolute atomic E-state index is 12.0. The second-order valence-electron chi connectivity index (χ2n) is 6.07. The zero-order chi connectivity index (χ0) is 16.9. The topological polar surface area (TPSA) is 92.5 Å². The first-order valence-corrected chi connectivity index (χ1v) is 6.87. The van der Waals surface area contributed by atoms with E-state index in [1.165, 1.54) is 11.0 Å². The number of hydrogen-bond donors (Lipinski definition) is 1. The van der Waals surface area contributed by atoms with Gasteiger partial charge < -0.3 is 10.2 Å². The molecule has 22 heavy (non-hydrogen) atoms. The lowest BCUT2D eigenvalue weighted by molar-refractivity contribution is -0.385. The van der Waals surface area contributed by atoms with E-state index in [1.54, 1.807) is 46.0 Å². The Morgan fingerprint density at radius 2 is 1.86 bits per heavy atom. The number of nitro benzene ring substituents is 1. The Morgan fingerprint density at radius 3 is 2.41 bits per heavy atom. The average molecular weight is 307 g/mol.